The quantitative estimate of drug-likeness (QED) is 0.609. The van der Waals surface area contributed by atoms with Gasteiger partial charge in [-0.1, -0.05) is 60.7 Å². The largest absolute Gasteiger partial charge is 0.305 e. The number of nitrogens with zero attached hydrogens (tertiary/aromatic N) is 1. The van der Waals surface area contributed by atoms with Crippen molar-refractivity contribution < 1.29 is 4.79 Å². The van der Waals surface area contributed by atoms with Crippen LogP contribution in [0, 0.1) is 0 Å². The van der Waals surface area contributed by atoms with Gasteiger partial charge in [-0.15, -0.1) is 0 Å². The maximum Gasteiger partial charge on any atom is 0.190 e. The van der Waals surface area contributed by atoms with E-state index in [1.807, 2.05) is 85.7 Å². The van der Waals surface area contributed by atoms with Gasteiger partial charge in [-0.05, 0) is 25.7 Å². The van der Waals surface area contributed by atoms with Crippen molar-refractivity contribution in [1.29, 1.82) is 0 Å². The fourth-order valence-corrected chi connectivity index (χ4v) is 2.05. The number of benzene rings is 2. The first kappa shape index (κ1) is 14.2. The Balaban J connectivity index is 2.33. The van der Waals surface area contributed by atoms with Crippen molar-refractivity contribution in [2.24, 2.45) is 0 Å². The van der Waals surface area contributed by atoms with Crippen molar-refractivity contribution in [1.82, 2.24) is 4.90 Å². The molecule has 0 saturated heterocycles. The molecule has 0 N–H and O–H groups in total. The van der Waals surface area contributed by atoms with E-state index >= 15 is 0 Å². The van der Waals surface area contributed by atoms with Crippen molar-refractivity contribution >= 4 is 11.9 Å². The Morgan fingerprint density at radius 3 is 2.05 bits per heavy atom. The molecule has 0 aliphatic rings. The van der Waals surface area contributed by atoms with Crippen molar-refractivity contribution in [3.05, 3.63) is 77.4 Å². The Bertz CT molecular complexity index is 585. The molecule has 0 bridgehead atoms. The molecular weight excluding hydrogens is 246 g/mol. The van der Waals surface area contributed by atoms with E-state index in [9.17, 15) is 4.79 Å². The van der Waals surface area contributed by atoms with E-state index in [1.54, 1.807) is 0 Å². The second-order valence-electron chi connectivity index (χ2n) is 5.01. The molecule has 2 nitrogen and oxygen atoms in total. The standard InChI is InChI=1S/C18H19NO/c1-19(2)14-17(13-15-9-5-3-6-10-15)18(20)16-11-7-4-8-12-16/h3-13H,14H2,1-2H3. The Kier molecular flexibility index (Phi) is 4.85. The number of Topliss-reactive ketones (excluding diaryl/α,β-unsaturated/α-hetero) is 1. The molecule has 0 heterocycles. The first-order chi connectivity index (χ1) is 9.66. The predicted molar refractivity (Wildman–Crippen MR) is 83.7 cm³/mol. The van der Waals surface area contributed by atoms with Gasteiger partial charge in [-0.25, -0.2) is 0 Å². The average molecular weight is 265 g/mol. The number of ketones is 1. The highest BCUT2D eigenvalue weighted by Gasteiger charge is 2.12. The molecule has 0 atom stereocenters. The molecule has 0 saturated carbocycles. The fourth-order valence-electron chi connectivity index (χ4n) is 2.05. The summed E-state index contributed by atoms with van der Waals surface area (Å²) in [5.41, 5.74) is 2.58. The van der Waals surface area contributed by atoms with E-state index in [0.29, 0.717) is 6.54 Å². The lowest BCUT2D eigenvalue weighted by molar-refractivity contribution is 0.102. The number of hydrogen-bond donors (Lipinski definition) is 0. The van der Waals surface area contributed by atoms with Gasteiger partial charge in [0.2, 0.25) is 0 Å². The molecule has 0 radical (unpaired) electrons. The minimum Gasteiger partial charge on any atom is -0.305 e. The van der Waals surface area contributed by atoms with E-state index in [0.717, 1.165) is 16.7 Å². The van der Waals surface area contributed by atoms with Crippen LogP contribution in [0.1, 0.15) is 15.9 Å². The van der Waals surface area contributed by atoms with Crippen LogP contribution in [0.4, 0.5) is 0 Å². The molecule has 102 valence electrons. The zero-order valence-corrected chi connectivity index (χ0v) is 11.9. The fraction of sp³-hybridized carbons (Fsp3) is 0.167. The average Bonchev–Trinajstić information content (AvgIpc) is 2.47. The molecule has 2 heteroatoms. The highest BCUT2D eigenvalue weighted by atomic mass is 16.1. The number of likely N-dealkylation sites (N-methyl/N-ethyl adjacent to an activating group) is 1. The molecule has 0 amide bonds. The van der Waals surface area contributed by atoms with Gasteiger partial charge in [0.05, 0.1) is 0 Å². The van der Waals surface area contributed by atoms with Crippen molar-refractivity contribution in [3.63, 3.8) is 0 Å². The molecule has 0 fully saturated rings. The Hall–Kier alpha value is -2.19. The Labute approximate surface area is 120 Å². The monoisotopic (exact) mass is 265 g/mol. The van der Waals surface area contributed by atoms with Gasteiger partial charge >= 0.3 is 0 Å². The second-order valence-corrected chi connectivity index (χ2v) is 5.01. The molecule has 2 aromatic rings. The van der Waals surface area contributed by atoms with Gasteiger partial charge in [0.15, 0.2) is 5.78 Å². The summed E-state index contributed by atoms with van der Waals surface area (Å²) in [6.07, 6.45) is 1.97. The molecule has 0 aromatic heterocycles. The second kappa shape index (κ2) is 6.83. The van der Waals surface area contributed by atoms with Gasteiger partial charge in [0.1, 0.15) is 0 Å². The summed E-state index contributed by atoms with van der Waals surface area (Å²) < 4.78 is 0. The van der Waals surface area contributed by atoms with E-state index in [1.165, 1.54) is 0 Å². The maximum atomic E-state index is 12.6. The summed E-state index contributed by atoms with van der Waals surface area (Å²) in [4.78, 5) is 14.6. The summed E-state index contributed by atoms with van der Waals surface area (Å²) in [6, 6.07) is 19.4. The third kappa shape index (κ3) is 3.90. The highest BCUT2D eigenvalue weighted by molar-refractivity contribution is 6.11. The summed E-state index contributed by atoms with van der Waals surface area (Å²) >= 11 is 0. The predicted octanol–water partition coefficient (Wildman–Crippen LogP) is 3.51. The summed E-state index contributed by atoms with van der Waals surface area (Å²) in [6.45, 7) is 0.628. The number of carbonyl (C=O) groups excluding carboxylic acids is 1. The van der Waals surface area contributed by atoms with Crippen LogP contribution >= 0.6 is 0 Å². The lowest BCUT2D eigenvalue weighted by atomic mass is 10.0. The van der Waals surface area contributed by atoms with Gasteiger partial charge in [-0.3, -0.25) is 4.79 Å². The minimum absolute atomic E-state index is 0.0863. The third-order valence-electron chi connectivity index (χ3n) is 2.95. The maximum absolute atomic E-state index is 12.6. The van der Waals surface area contributed by atoms with Gasteiger partial charge in [-0.2, -0.15) is 0 Å². The first-order valence-electron chi connectivity index (χ1n) is 6.67. The van der Waals surface area contributed by atoms with Crippen LogP contribution in [0.2, 0.25) is 0 Å². The van der Waals surface area contributed by atoms with Crippen LogP contribution in [-0.4, -0.2) is 31.3 Å². The molecule has 0 spiro atoms. The van der Waals surface area contributed by atoms with Crippen LogP contribution in [0.3, 0.4) is 0 Å². The minimum atomic E-state index is 0.0863. The molecule has 0 aliphatic carbocycles. The molecule has 20 heavy (non-hydrogen) atoms. The van der Waals surface area contributed by atoms with Crippen molar-refractivity contribution in [3.8, 4) is 0 Å². The van der Waals surface area contributed by atoms with Crippen LogP contribution in [0.15, 0.2) is 66.2 Å². The Morgan fingerprint density at radius 1 is 0.950 bits per heavy atom. The van der Waals surface area contributed by atoms with E-state index in [-0.39, 0.29) is 5.78 Å². The van der Waals surface area contributed by atoms with Crippen LogP contribution in [0.25, 0.3) is 6.08 Å². The zero-order valence-electron chi connectivity index (χ0n) is 11.9. The van der Waals surface area contributed by atoms with Crippen LogP contribution in [-0.2, 0) is 0 Å². The van der Waals surface area contributed by atoms with E-state index in [2.05, 4.69) is 0 Å². The van der Waals surface area contributed by atoms with Gasteiger partial charge < -0.3 is 4.90 Å². The first-order valence-corrected chi connectivity index (χ1v) is 6.67. The number of hydrogen-bond acceptors (Lipinski definition) is 2. The van der Waals surface area contributed by atoms with Gasteiger partial charge in [0, 0.05) is 17.7 Å². The smallest absolute Gasteiger partial charge is 0.190 e. The van der Waals surface area contributed by atoms with Crippen LogP contribution < -0.4 is 0 Å². The number of rotatable bonds is 5. The highest BCUT2D eigenvalue weighted by Crippen LogP contribution is 2.13. The lowest BCUT2D eigenvalue weighted by Crippen LogP contribution is -2.20. The zero-order chi connectivity index (χ0) is 14.4. The Morgan fingerprint density at radius 2 is 1.50 bits per heavy atom. The lowest BCUT2D eigenvalue weighted by Gasteiger charge is -2.13. The normalized spacial score (nSPS) is 11.7. The third-order valence-corrected chi connectivity index (χ3v) is 2.95. The van der Waals surface area contributed by atoms with Crippen molar-refractivity contribution in [2.45, 2.75) is 0 Å². The number of carbonyl (C=O) groups is 1. The molecule has 0 aliphatic heterocycles. The van der Waals surface area contributed by atoms with Crippen LogP contribution in [0.5, 0.6) is 0 Å². The molecular formula is C18H19NO. The summed E-state index contributed by atoms with van der Waals surface area (Å²) in [7, 11) is 3.94. The van der Waals surface area contributed by atoms with Crippen molar-refractivity contribution in [2.75, 3.05) is 20.6 Å². The van der Waals surface area contributed by atoms with E-state index in [4.69, 9.17) is 0 Å². The summed E-state index contributed by atoms with van der Waals surface area (Å²) in [5.74, 6) is 0.0863. The molecule has 2 aromatic carbocycles. The molecule has 0 unspecified atom stereocenters. The van der Waals surface area contributed by atoms with Gasteiger partial charge in [0.25, 0.3) is 0 Å². The SMILES string of the molecule is CN(C)CC(=Cc1ccccc1)C(=O)c1ccccc1. The van der Waals surface area contributed by atoms with E-state index < -0.39 is 0 Å². The topological polar surface area (TPSA) is 20.3 Å². The summed E-state index contributed by atoms with van der Waals surface area (Å²) in [5, 5.41) is 0. The molecule has 2 rings (SSSR count).